The van der Waals surface area contributed by atoms with Crippen LogP contribution in [0.25, 0.3) is 0 Å². The van der Waals surface area contributed by atoms with E-state index >= 15 is 0 Å². The van der Waals surface area contributed by atoms with E-state index < -0.39 is 5.60 Å². The lowest BCUT2D eigenvalue weighted by Crippen LogP contribution is -2.38. The summed E-state index contributed by atoms with van der Waals surface area (Å²) in [6, 6.07) is 0. The normalized spacial score (nSPS) is 26.6. The lowest BCUT2D eigenvalue weighted by molar-refractivity contribution is -0.155. The second kappa shape index (κ2) is 6.53. The van der Waals surface area contributed by atoms with Gasteiger partial charge in [0.1, 0.15) is 22.6 Å². The molecule has 1 unspecified atom stereocenters. The van der Waals surface area contributed by atoms with E-state index in [0.717, 1.165) is 55.6 Å². The van der Waals surface area contributed by atoms with Crippen LogP contribution < -0.4 is 5.32 Å². The second-order valence-corrected chi connectivity index (χ2v) is 7.60. The molecule has 2 heterocycles. The number of nitrogens with one attached hydrogen (secondary N) is 1. The topological polar surface area (TPSA) is 65.4 Å². The maximum atomic E-state index is 11.6. The molecule has 23 heavy (non-hydrogen) atoms. The van der Waals surface area contributed by atoms with E-state index in [-0.39, 0.29) is 12.6 Å². The molecule has 0 radical (unpaired) electrons. The van der Waals surface area contributed by atoms with E-state index in [4.69, 9.17) is 9.47 Å². The number of methoxy groups -OCH3 is 1. The Hall–Kier alpha value is -0.920. The first-order valence-electron chi connectivity index (χ1n) is 8.10. The minimum atomic E-state index is -0.508. The molecule has 0 aromatic carbocycles. The summed E-state index contributed by atoms with van der Waals surface area (Å²) in [4.78, 5) is 16.2. The molecule has 1 spiro atoms. The molecule has 1 atom stereocenters. The predicted octanol–water partition coefficient (Wildman–Crippen LogP) is 2.12. The fourth-order valence-electron chi connectivity index (χ4n) is 4.12. The number of imidazole rings is 1. The largest absolute Gasteiger partial charge is 0.467 e. The number of carbonyl (C=O) groups is 1. The van der Waals surface area contributed by atoms with Crippen LogP contribution in [0.1, 0.15) is 37.9 Å². The van der Waals surface area contributed by atoms with Crippen molar-refractivity contribution in [3.05, 3.63) is 16.6 Å². The number of halogens is 1. The minimum absolute atomic E-state index is 0.0324. The predicted molar refractivity (Wildman–Crippen MR) is 88.9 cm³/mol. The van der Waals surface area contributed by atoms with Crippen molar-refractivity contribution in [3.8, 4) is 0 Å². The molecular formula is C16H24BrN3O3. The van der Waals surface area contributed by atoms with Gasteiger partial charge in [-0.15, -0.1) is 0 Å². The van der Waals surface area contributed by atoms with Gasteiger partial charge in [-0.2, -0.15) is 0 Å². The molecular weight excluding hydrogens is 362 g/mol. The average molecular weight is 386 g/mol. The molecule has 1 saturated heterocycles. The quantitative estimate of drug-likeness (QED) is 0.804. The number of rotatable bonds is 4. The van der Waals surface area contributed by atoms with E-state index in [1.54, 1.807) is 0 Å². The Morgan fingerprint density at radius 2 is 2.13 bits per heavy atom. The van der Waals surface area contributed by atoms with Crippen molar-refractivity contribution in [3.63, 3.8) is 0 Å². The van der Waals surface area contributed by atoms with Gasteiger partial charge in [-0.05, 0) is 66.5 Å². The molecule has 1 aromatic rings. The minimum Gasteiger partial charge on any atom is -0.467 e. The summed E-state index contributed by atoms with van der Waals surface area (Å²) in [7, 11) is 3.36. The van der Waals surface area contributed by atoms with Crippen LogP contribution in [0.15, 0.2) is 10.8 Å². The lowest BCUT2D eigenvalue weighted by atomic mass is 9.76. The maximum absolute atomic E-state index is 11.6. The third-order valence-corrected chi connectivity index (χ3v) is 5.71. The fraction of sp³-hybridized carbons (Fsp3) is 0.750. The monoisotopic (exact) mass is 385 g/mol. The highest BCUT2D eigenvalue weighted by Gasteiger charge is 2.52. The molecule has 1 N–H and O–H groups in total. The van der Waals surface area contributed by atoms with Crippen LogP contribution in [-0.2, 0) is 26.9 Å². The average Bonchev–Trinajstić information content (AvgIpc) is 3.07. The molecule has 0 bridgehead atoms. The Morgan fingerprint density at radius 1 is 1.39 bits per heavy atom. The maximum Gasteiger partial charge on any atom is 0.331 e. The molecule has 1 saturated carbocycles. The Balaban J connectivity index is 1.88. The summed E-state index contributed by atoms with van der Waals surface area (Å²) >= 11 is 3.45. The van der Waals surface area contributed by atoms with Crippen molar-refractivity contribution < 1.29 is 14.3 Å². The van der Waals surface area contributed by atoms with Crippen molar-refractivity contribution >= 4 is 21.9 Å². The Bertz CT molecular complexity index is 583. The molecule has 1 aromatic heterocycles. The summed E-state index contributed by atoms with van der Waals surface area (Å²) in [5.41, 5.74) is -0.216. The number of nitrogens with zero attached hydrogens (tertiary/aromatic N) is 2. The molecule has 6 nitrogen and oxygen atoms in total. The van der Waals surface area contributed by atoms with Crippen LogP contribution in [0, 0.1) is 5.41 Å². The van der Waals surface area contributed by atoms with Crippen LogP contribution >= 0.6 is 15.9 Å². The number of aryl methyl sites for hydroxylation is 1. The van der Waals surface area contributed by atoms with Crippen LogP contribution in [0.5, 0.6) is 0 Å². The summed E-state index contributed by atoms with van der Waals surface area (Å²) in [5.74, 6) is 0.549. The van der Waals surface area contributed by atoms with Crippen molar-refractivity contribution in [2.24, 2.45) is 12.5 Å². The Kier molecular flexibility index (Phi) is 4.80. The van der Waals surface area contributed by atoms with Gasteiger partial charge in [0.25, 0.3) is 0 Å². The molecule has 1 aliphatic carbocycles. The van der Waals surface area contributed by atoms with Gasteiger partial charge in [-0.1, -0.05) is 0 Å². The van der Waals surface area contributed by atoms with Gasteiger partial charge in [0.2, 0.25) is 0 Å². The van der Waals surface area contributed by atoms with Crippen LogP contribution in [0.4, 0.5) is 0 Å². The van der Waals surface area contributed by atoms with Gasteiger partial charge in [0, 0.05) is 13.2 Å². The highest BCUT2D eigenvalue weighted by Crippen LogP contribution is 2.55. The first kappa shape index (κ1) is 16.9. The van der Waals surface area contributed by atoms with E-state index in [1.165, 1.54) is 7.11 Å². The fourth-order valence-corrected chi connectivity index (χ4v) is 4.60. The van der Waals surface area contributed by atoms with Gasteiger partial charge >= 0.3 is 5.97 Å². The molecule has 3 rings (SSSR count). The third-order valence-electron chi connectivity index (χ3n) is 5.33. The van der Waals surface area contributed by atoms with Crippen LogP contribution in [0.3, 0.4) is 0 Å². The first-order chi connectivity index (χ1) is 11.0. The van der Waals surface area contributed by atoms with Crippen molar-refractivity contribution in [2.45, 2.75) is 37.7 Å². The zero-order chi connectivity index (χ0) is 16.5. The Labute approximate surface area is 145 Å². The first-order valence-corrected chi connectivity index (χ1v) is 8.89. The third kappa shape index (κ3) is 3.32. The number of piperidine rings is 1. The number of ether oxygens (including phenoxy) is 2. The molecule has 2 aliphatic rings. The van der Waals surface area contributed by atoms with E-state index in [1.807, 2.05) is 17.8 Å². The van der Waals surface area contributed by atoms with E-state index in [0.29, 0.717) is 5.41 Å². The van der Waals surface area contributed by atoms with Crippen LogP contribution in [0.2, 0.25) is 0 Å². The number of aromatic nitrogens is 2. The zero-order valence-electron chi connectivity index (χ0n) is 13.7. The second-order valence-electron chi connectivity index (χ2n) is 6.78. The van der Waals surface area contributed by atoms with Crippen LogP contribution in [-0.4, -0.2) is 42.3 Å². The highest BCUT2D eigenvalue weighted by atomic mass is 79.9. The van der Waals surface area contributed by atoms with E-state index in [2.05, 4.69) is 26.2 Å². The highest BCUT2D eigenvalue weighted by molar-refractivity contribution is 9.10. The van der Waals surface area contributed by atoms with Crippen molar-refractivity contribution in [1.82, 2.24) is 14.9 Å². The van der Waals surface area contributed by atoms with Gasteiger partial charge in [-0.25, -0.2) is 9.78 Å². The molecule has 128 valence electrons. The smallest absolute Gasteiger partial charge is 0.331 e. The molecule has 7 heteroatoms. The number of esters is 1. The zero-order valence-corrected chi connectivity index (χ0v) is 15.3. The van der Waals surface area contributed by atoms with Crippen molar-refractivity contribution in [2.75, 3.05) is 26.8 Å². The number of carbonyl (C=O) groups excluding carboxylic acids is 1. The summed E-state index contributed by atoms with van der Waals surface area (Å²) in [5, 5.41) is 3.43. The van der Waals surface area contributed by atoms with Gasteiger partial charge < -0.3 is 19.4 Å². The van der Waals surface area contributed by atoms with Gasteiger partial charge in [0.15, 0.2) is 0 Å². The number of hydrogen-bond acceptors (Lipinski definition) is 5. The SMILES string of the molecule is COC(=O)COC1(c2nc(Br)cn2C)CCC2(CCNCC2)C1. The molecule has 0 amide bonds. The summed E-state index contributed by atoms with van der Waals surface area (Å²) < 4.78 is 13.7. The Morgan fingerprint density at radius 3 is 2.74 bits per heavy atom. The number of hydrogen-bond donors (Lipinski definition) is 1. The van der Waals surface area contributed by atoms with E-state index in [9.17, 15) is 4.79 Å². The molecule has 1 aliphatic heterocycles. The standard InChI is InChI=1S/C16H24BrN3O3/c1-20-9-12(17)19-14(20)16(23-10-13(21)22-2)4-3-15(11-16)5-7-18-8-6-15/h9,18H,3-8,10-11H2,1-2H3. The summed E-state index contributed by atoms with van der Waals surface area (Å²) in [6.45, 7) is 2.07. The molecule has 2 fully saturated rings. The van der Waals surface area contributed by atoms with Gasteiger partial charge in [0.05, 0.1) is 7.11 Å². The summed E-state index contributed by atoms with van der Waals surface area (Å²) in [6.07, 6.45) is 7.16. The van der Waals surface area contributed by atoms with Gasteiger partial charge in [-0.3, -0.25) is 0 Å². The lowest BCUT2D eigenvalue weighted by Gasteiger charge is -2.36. The van der Waals surface area contributed by atoms with Crippen molar-refractivity contribution in [1.29, 1.82) is 0 Å².